The summed E-state index contributed by atoms with van der Waals surface area (Å²) < 4.78 is 0. The molecule has 0 saturated heterocycles. The van der Waals surface area contributed by atoms with E-state index in [1.54, 1.807) is 4.90 Å². The van der Waals surface area contributed by atoms with Gasteiger partial charge in [-0.3, -0.25) is 4.79 Å². The minimum absolute atomic E-state index is 0.138. The molecule has 26 heavy (non-hydrogen) atoms. The number of rotatable bonds is 7. The number of amides is 1. The first-order chi connectivity index (χ1) is 12.7. The predicted molar refractivity (Wildman–Crippen MR) is 106 cm³/mol. The molecule has 0 aliphatic rings. The van der Waals surface area contributed by atoms with Crippen LogP contribution in [0, 0.1) is 0 Å². The number of likely N-dealkylation sites (N-methyl/N-ethyl adjacent to an activating group) is 1. The topological polar surface area (TPSA) is 52.9 Å². The van der Waals surface area contributed by atoms with Crippen LogP contribution in [0.3, 0.4) is 0 Å². The van der Waals surface area contributed by atoms with E-state index in [1.165, 1.54) is 6.08 Å². The van der Waals surface area contributed by atoms with Crippen LogP contribution in [0.25, 0.3) is 5.57 Å². The van der Waals surface area contributed by atoms with Crippen molar-refractivity contribution in [3.63, 3.8) is 0 Å². The lowest BCUT2D eigenvalue weighted by molar-refractivity contribution is -0.126. The van der Waals surface area contributed by atoms with Gasteiger partial charge < -0.3 is 10.1 Å². The van der Waals surface area contributed by atoms with E-state index in [4.69, 9.17) is 0 Å². The molecule has 0 bridgehead atoms. The third kappa shape index (κ3) is 4.09. The van der Waals surface area contributed by atoms with Gasteiger partial charge >= 0.3 is 0 Å². The van der Waals surface area contributed by atoms with Crippen LogP contribution in [-0.2, 0) is 4.79 Å². The predicted octanol–water partition coefficient (Wildman–Crippen LogP) is 4.37. The average Bonchev–Trinajstić information content (AvgIpc) is 2.70. The van der Waals surface area contributed by atoms with Crippen molar-refractivity contribution in [3.05, 3.63) is 90.0 Å². The van der Waals surface area contributed by atoms with Gasteiger partial charge in [-0.15, -0.1) is 0 Å². The zero-order chi connectivity index (χ0) is 18.9. The molecule has 0 aliphatic carbocycles. The van der Waals surface area contributed by atoms with E-state index in [1.807, 2.05) is 74.5 Å². The Morgan fingerprint density at radius 3 is 1.92 bits per heavy atom. The van der Waals surface area contributed by atoms with E-state index in [0.717, 1.165) is 11.1 Å². The maximum Gasteiger partial charge on any atom is 0.254 e. The Bertz CT molecular complexity index is 805. The molecule has 0 unspecified atom stereocenters. The Morgan fingerprint density at radius 1 is 1.00 bits per heavy atom. The van der Waals surface area contributed by atoms with Crippen molar-refractivity contribution in [1.82, 2.24) is 4.90 Å². The number of carbonyl (C=O) groups is 1. The Balaban J connectivity index is 2.75. The molecule has 0 saturated carbocycles. The minimum atomic E-state index is -0.138. The zero-order valence-electron chi connectivity index (χ0n) is 15.2. The van der Waals surface area contributed by atoms with Gasteiger partial charge in [0.05, 0.1) is 0 Å². The third-order valence-electron chi connectivity index (χ3n) is 4.20. The molecule has 2 aromatic carbocycles. The highest BCUT2D eigenvalue weighted by atomic mass is 16.4. The molecule has 0 atom stereocenters. The number of nitrogens with zero attached hydrogens (tertiary/aromatic N) is 2. The molecule has 1 amide bonds. The molecular formula is C22H24N2O2. The average molecular weight is 348 g/mol. The van der Waals surface area contributed by atoms with E-state index in [-0.39, 0.29) is 5.91 Å². The van der Waals surface area contributed by atoms with Crippen molar-refractivity contribution in [1.29, 1.82) is 0 Å². The van der Waals surface area contributed by atoms with Gasteiger partial charge in [0.1, 0.15) is 5.71 Å². The van der Waals surface area contributed by atoms with Crippen LogP contribution in [0.15, 0.2) is 84.0 Å². The lowest BCUT2D eigenvalue weighted by Crippen LogP contribution is -2.32. The highest BCUT2D eigenvalue weighted by Gasteiger charge is 2.23. The van der Waals surface area contributed by atoms with Crippen LogP contribution in [0.5, 0.6) is 0 Å². The summed E-state index contributed by atoms with van der Waals surface area (Å²) >= 11 is 0. The Labute approximate surface area is 154 Å². The first-order valence-electron chi connectivity index (χ1n) is 8.67. The fourth-order valence-corrected chi connectivity index (χ4v) is 2.85. The summed E-state index contributed by atoms with van der Waals surface area (Å²) in [5.74, 6) is -0.138. The van der Waals surface area contributed by atoms with Crippen molar-refractivity contribution in [2.45, 2.75) is 13.8 Å². The first kappa shape index (κ1) is 19.2. The second-order valence-corrected chi connectivity index (χ2v) is 5.65. The molecule has 4 heteroatoms. The standard InChI is InChI=1S/C22H24N2O2/c1-4-19(22(25)24(5-2)6-3)20(17-13-9-7-10-14-17)21(23-26)18-15-11-8-12-16-18/h4,7-16,26H,1,5-6H2,2-3H3/b20-19+,23-21+. The van der Waals surface area contributed by atoms with Crippen LogP contribution >= 0.6 is 0 Å². The van der Waals surface area contributed by atoms with E-state index < -0.39 is 0 Å². The lowest BCUT2D eigenvalue weighted by atomic mass is 9.91. The van der Waals surface area contributed by atoms with E-state index in [0.29, 0.717) is 29.9 Å². The number of allylic oxidation sites excluding steroid dienone is 1. The van der Waals surface area contributed by atoms with Gasteiger partial charge in [0.25, 0.3) is 5.91 Å². The fourth-order valence-electron chi connectivity index (χ4n) is 2.85. The molecule has 134 valence electrons. The number of benzene rings is 2. The molecule has 0 aliphatic heterocycles. The normalized spacial score (nSPS) is 12.3. The highest BCUT2D eigenvalue weighted by Crippen LogP contribution is 2.26. The molecule has 0 spiro atoms. The molecule has 0 heterocycles. The Morgan fingerprint density at radius 2 is 1.50 bits per heavy atom. The second kappa shape index (κ2) is 9.37. The van der Waals surface area contributed by atoms with Crippen molar-refractivity contribution < 1.29 is 10.0 Å². The summed E-state index contributed by atoms with van der Waals surface area (Å²) in [5.41, 5.74) is 2.83. The van der Waals surface area contributed by atoms with Gasteiger partial charge in [0.15, 0.2) is 0 Å². The SMILES string of the molecule is C=C/C(C(=O)N(CC)CC)=C(\C(=N\O)c1ccccc1)c1ccccc1. The summed E-state index contributed by atoms with van der Waals surface area (Å²) in [6.45, 7) is 8.89. The monoisotopic (exact) mass is 348 g/mol. The van der Waals surface area contributed by atoms with Crippen LogP contribution in [0.1, 0.15) is 25.0 Å². The van der Waals surface area contributed by atoms with E-state index in [2.05, 4.69) is 11.7 Å². The van der Waals surface area contributed by atoms with Gasteiger partial charge in [-0.2, -0.15) is 0 Å². The van der Waals surface area contributed by atoms with Crippen LogP contribution < -0.4 is 0 Å². The van der Waals surface area contributed by atoms with Crippen molar-refractivity contribution in [2.75, 3.05) is 13.1 Å². The van der Waals surface area contributed by atoms with Gasteiger partial charge in [-0.05, 0) is 19.4 Å². The summed E-state index contributed by atoms with van der Waals surface area (Å²) in [6, 6.07) is 18.8. The third-order valence-corrected chi connectivity index (χ3v) is 4.20. The van der Waals surface area contributed by atoms with Crippen LogP contribution in [0.4, 0.5) is 0 Å². The zero-order valence-corrected chi connectivity index (χ0v) is 15.2. The quantitative estimate of drug-likeness (QED) is 0.265. The largest absolute Gasteiger partial charge is 0.410 e. The number of oxime groups is 1. The maximum absolute atomic E-state index is 13.1. The molecule has 4 nitrogen and oxygen atoms in total. The van der Waals surface area contributed by atoms with Crippen molar-refractivity contribution in [2.24, 2.45) is 5.16 Å². The van der Waals surface area contributed by atoms with Crippen LogP contribution in [0.2, 0.25) is 0 Å². The first-order valence-corrected chi connectivity index (χ1v) is 8.67. The Kier molecular flexibility index (Phi) is 6.92. The molecule has 0 aromatic heterocycles. The minimum Gasteiger partial charge on any atom is -0.410 e. The lowest BCUT2D eigenvalue weighted by Gasteiger charge is -2.22. The van der Waals surface area contributed by atoms with E-state index >= 15 is 0 Å². The van der Waals surface area contributed by atoms with Crippen molar-refractivity contribution >= 4 is 17.2 Å². The van der Waals surface area contributed by atoms with Gasteiger partial charge in [0, 0.05) is 29.8 Å². The van der Waals surface area contributed by atoms with Crippen molar-refractivity contribution in [3.8, 4) is 0 Å². The molecule has 0 fully saturated rings. The van der Waals surface area contributed by atoms with Gasteiger partial charge in [-0.1, -0.05) is 78.5 Å². The summed E-state index contributed by atoms with van der Waals surface area (Å²) in [5, 5.41) is 13.3. The second-order valence-electron chi connectivity index (χ2n) is 5.65. The molecule has 1 N–H and O–H groups in total. The molecule has 2 aromatic rings. The summed E-state index contributed by atoms with van der Waals surface area (Å²) in [6.07, 6.45) is 1.54. The van der Waals surface area contributed by atoms with Gasteiger partial charge in [-0.25, -0.2) is 0 Å². The van der Waals surface area contributed by atoms with E-state index in [9.17, 15) is 10.0 Å². The molecular weight excluding hydrogens is 324 g/mol. The number of carbonyl (C=O) groups excluding carboxylic acids is 1. The molecule has 0 radical (unpaired) electrons. The maximum atomic E-state index is 13.1. The number of hydrogen-bond acceptors (Lipinski definition) is 3. The fraction of sp³-hybridized carbons (Fsp3) is 0.182. The Hall–Kier alpha value is -3.14. The molecule has 2 rings (SSSR count). The smallest absolute Gasteiger partial charge is 0.254 e. The van der Waals surface area contributed by atoms with Crippen LogP contribution in [-0.4, -0.2) is 34.8 Å². The highest BCUT2D eigenvalue weighted by molar-refractivity contribution is 6.35. The summed E-state index contributed by atoms with van der Waals surface area (Å²) in [7, 11) is 0. The summed E-state index contributed by atoms with van der Waals surface area (Å²) in [4.78, 5) is 14.8. The number of hydrogen-bond donors (Lipinski definition) is 1. The van der Waals surface area contributed by atoms with Gasteiger partial charge in [0.2, 0.25) is 0 Å².